The topological polar surface area (TPSA) is 17.0 Å². The smallest absolute Gasteiger partial charge is 0.125 e. The standard InChI is InChI=1S/C15H11FN2/c16-11-5-6-15-13(8-11)17-9-12-7-10-3-1-2-4-14(10)18(12)15/h1-8,17H,9H2. The normalized spacial score (nSPS) is 12.9. The van der Waals surface area contributed by atoms with Crippen LogP contribution in [0.3, 0.4) is 0 Å². The number of hydrogen-bond donors (Lipinski definition) is 1. The zero-order valence-corrected chi connectivity index (χ0v) is 9.65. The third-order valence-electron chi connectivity index (χ3n) is 3.45. The average Bonchev–Trinajstić information content (AvgIpc) is 2.77. The van der Waals surface area contributed by atoms with Crippen LogP contribution in [0.2, 0.25) is 0 Å². The highest BCUT2D eigenvalue weighted by molar-refractivity contribution is 5.85. The molecule has 3 heteroatoms. The van der Waals surface area contributed by atoms with Crippen molar-refractivity contribution in [2.45, 2.75) is 6.54 Å². The predicted molar refractivity (Wildman–Crippen MR) is 70.6 cm³/mol. The van der Waals surface area contributed by atoms with Crippen molar-refractivity contribution in [3.8, 4) is 5.69 Å². The van der Waals surface area contributed by atoms with Gasteiger partial charge in [-0.1, -0.05) is 18.2 Å². The Kier molecular flexibility index (Phi) is 1.81. The maximum Gasteiger partial charge on any atom is 0.125 e. The molecule has 2 aromatic carbocycles. The molecule has 0 unspecified atom stereocenters. The molecule has 18 heavy (non-hydrogen) atoms. The van der Waals surface area contributed by atoms with Crippen molar-refractivity contribution in [3.63, 3.8) is 0 Å². The molecule has 0 atom stereocenters. The van der Waals surface area contributed by atoms with Crippen LogP contribution in [0.5, 0.6) is 0 Å². The van der Waals surface area contributed by atoms with E-state index in [0.717, 1.165) is 17.9 Å². The van der Waals surface area contributed by atoms with Gasteiger partial charge in [0.05, 0.1) is 23.4 Å². The van der Waals surface area contributed by atoms with E-state index < -0.39 is 0 Å². The lowest BCUT2D eigenvalue weighted by atomic mass is 10.2. The second-order valence-electron chi connectivity index (χ2n) is 4.54. The largest absolute Gasteiger partial charge is 0.378 e. The SMILES string of the molecule is Fc1ccc2c(c1)NCc1cc3ccccc3n1-2. The van der Waals surface area contributed by atoms with Crippen LogP contribution in [0, 0.1) is 5.82 Å². The Labute approximate surface area is 104 Å². The van der Waals surface area contributed by atoms with Crippen molar-refractivity contribution in [2.24, 2.45) is 0 Å². The summed E-state index contributed by atoms with van der Waals surface area (Å²) in [5, 5.41) is 4.47. The Balaban J connectivity index is 2.10. The minimum absolute atomic E-state index is 0.207. The summed E-state index contributed by atoms with van der Waals surface area (Å²) >= 11 is 0. The Morgan fingerprint density at radius 3 is 2.89 bits per heavy atom. The third-order valence-corrected chi connectivity index (χ3v) is 3.45. The molecule has 0 saturated heterocycles. The van der Waals surface area contributed by atoms with Crippen LogP contribution >= 0.6 is 0 Å². The highest BCUT2D eigenvalue weighted by Gasteiger charge is 2.18. The number of rotatable bonds is 0. The van der Waals surface area contributed by atoms with Crippen LogP contribution in [-0.2, 0) is 6.54 Å². The van der Waals surface area contributed by atoms with E-state index in [4.69, 9.17) is 0 Å². The molecule has 0 radical (unpaired) electrons. The van der Waals surface area contributed by atoms with E-state index in [2.05, 4.69) is 28.1 Å². The van der Waals surface area contributed by atoms with Crippen molar-refractivity contribution in [2.75, 3.05) is 5.32 Å². The van der Waals surface area contributed by atoms with Gasteiger partial charge < -0.3 is 9.88 Å². The van der Waals surface area contributed by atoms with Crippen molar-refractivity contribution >= 4 is 16.6 Å². The molecule has 2 heterocycles. The van der Waals surface area contributed by atoms with Gasteiger partial charge in [0.15, 0.2) is 0 Å². The molecule has 1 aliphatic heterocycles. The zero-order valence-electron chi connectivity index (χ0n) is 9.65. The Hall–Kier alpha value is -2.29. The maximum absolute atomic E-state index is 13.3. The molecule has 88 valence electrons. The fraction of sp³-hybridized carbons (Fsp3) is 0.0667. The highest BCUT2D eigenvalue weighted by atomic mass is 19.1. The molecule has 2 nitrogen and oxygen atoms in total. The van der Waals surface area contributed by atoms with E-state index in [1.807, 2.05) is 18.2 Å². The van der Waals surface area contributed by atoms with Crippen molar-refractivity contribution in [1.82, 2.24) is 4.57 Å². The van der Waals surface area contributed by atoms with E-state index in [-0.39, 0.29) is 5.82 Å². The van der Waals surface area contributed by atoms with Crippen molar-refractivity contribution in [1.29, 1.82) is 0 Å². The van der Waals surface area contributed by atoms with E-state index in [9.17, 15) is 4.39 Å². The first-order valence-corrected chi connectivity index (χ1v) is 5.96. The number of hydrogen-bond acceptors (Lipinski definition) is 1. The van der Waals surface area contributed by atoms with Crippen molar-refractivity contribution < 1.29 is 4.39 Å². The molecule has 0 saturated carbocycles. The van der Waals surface area contributed by atoms with Crippen LogP contribution in [-0.4, -0.2) is 4.57 Å². The highest BCUT2D eigenvalue weighted by Crippen LogP contribution is 2.33. The quantitative estimate of drug-likeness (QED) is 0.632. The van der Waals surface area contributed by atoms with Gasteiger partial charge in [0.1, 0.15) is 5.82 Å². The second kappa shape index (κ2) is 3.35. The summed E-state index contributed by atoms with van der Waals surface area (Å²) in [4.78, 5) is 0. The summed E-state index contributed by atoms with van der Waals surface area (Å²) in [6.45, 7) is 0.727. The van der Waals surface area contributed by atoms with Crippen LogP contribution in [0.1, 0.15) is 5.69 Å². The first-order valence-electron chi connectivity index (χ1n) is 5.96. The average molecular weight is 238 g/mol. The molecule has 3 aromatic rings. The molecule has 0 bridgehead atoms. The van der Waals surface area contributed by atoms with Gasteiger partial charge in [0.2, 0.25) is 0 Å². The molecule has 1 aromatic heterocycles. The minimum Gasteiger partial charge on any atom is -0.378 e. The van der Waals surface area contributed by atoms with Crippen LogP contribution in [0.15, 0.2) is 48.5 Å². The second-order valence-corrected chi connectivity index (χ2v) is 4.54. The van der Waals surface area contributed by atoms with Crippen LogP contribution in [0.25, 0.3) is 16.6 Å². The number of nitrogens with zero attached hydrogens (tertiary/aromatic N) is 1. The van der Waals surface area contributed by atoms with E-state index >= 15 is 0 Å². The molecule has 1 N–H and O–H groups in total. The first-order chi connectivity index (χ1) is 8.83. The predicted octanol–water partition coefficient (Wildman–Crippen LogP) is 3.70. The third kappa shape index (κ3) is 1.21. The van der Waals surface area contributed by atoms with E-state index in [1.165, 1.54) is 22.7 Å². The van der Waals surface area contributed by atoms with E-state index in [0.29, 0.717) is 0 Å². The Bertz CT molecular complexity index is 758. The monoisotopic (exact) mass is 238 g/mol. The van der Waals surface area contributed by atoms with Gasteiger partial charge in [0, 0.05) is 11.1 Å². The Morgan fingerprint density at radius 2 is 1.94 bits per heavy atom. The lowest BCUT2D eigenvalue weighted by Gasteiger charge is -2.22. The van der Waals surface area contributed by atoms with E-state index in [1.54, 1.807) is 6.07 Å². The minimum atomic E-state index is -0.207. The van der Waals surface area contributed by atoms with Gasteiger partial charge in [-0.25, -0.2) is 4.39 Å². The number of aromatic nitrogens is 1. The number of fused-ring (bicyclic) bond motifs is 5. The molecule has 0 aliphatic carbocycles. The fourth-order valence-corrected chi connectivity index (χ4v) is 2.66. The zero-order chi connectivity index (χ0) is 12.1. The van der Waals surface area contributed by atoms with Crippen molar-refractivity contribution in [3.05, 3.63) is 60.0 Å². The molecular formula is C15H11FN2. The molecular weight excluding hydrogens is 227 g/mol. The molecule has 0 fully saturated rings. The van der Waals surface area contributed by atoms with Gasteiger partial charge in [-0.2, -0.15) is 0 Å². The molecule has 1 aliphatic rings. The number of benzene rings is 2. The molecule has 4 rings (SSSR count). The lowest BCUT2D eigenvalue weighted by Crippen LogP contribution is -2.14. The number of nitrogens with one attached hydrogen (secondary N) is 1. The summed E-state index contributed by atoms with van der Waals surface area (Å²) in [5.74, 6) is -0.207. The number of halogens is 1. The number of para-hydroxylation sites is 1. The van der Waals surface area contributed by atoms with Crippen LogP contribution < -0.4 is 5.32 Å². The number of anilines is 1. The summed E-state index contributed by atoms with van der Waals surface area (Å²) in [5.41, 5.74) is 4.24. The molecule has 0 spiro atoms. The summed E-state index contributed by atoms with van der Waals surface area (Å²) in [6.07, 6.45) is 0. The maximum atomic E-state index is 13.3. The van der Waals surface area contributed by atoms with Gasteiger partial charge in [-0.05, 0) is 30.3 Å². The Morgan fingerprint density at radius 1 is 1.06 bits per heavy atom. The van der Waals surface area contributed by atoms with Gasteiger partial charge in [-0.3, -0.25) is 0 Å². The summed E-state index contributed by atoms with van der Waals surface area (Å²) < 4.78 is 15.5. The van der Waals surface area contributed by atoms with Gasteiger partial charge in [-0.15, -0.1) is 0 Å². The van der Waals surface area contributed by atoms with Gasteiger partial charge in [0.25, 0.3) is 0 Å². The molecule has 0 amide bonds. The van der Waals surface area contributed by atoms with Gasteiger partial charge >= 0.3 is 0 Å². The fourth-order valence-electron chi connectivity index (χ4n) is 2.66. The summed E-state index contributed by atoms with van der Waals surface area (Å²) in [6, 6.07) is 15.3. The lowest BCUT2D eigenvalue weighted by molar-refractivity contribution is 0.627. The first kappa shape index (κ1) is 9.71. The van der Waals surface area contributed by atoms with Crippen LogP contribution in [0.4, 0.5) is 10.1 Å². The summed E-state index contributed by atoms with van der Waals surface area (Å²) in [7, 11) is 0.